The highest BCUT2D eigenvalue weighted by Gasteiger charge is 2.42. The third-order valence-corrected chi connectivity index (χ3v) is 3.30. The van der Waals surface area contributed by atoms with E-state index >= 15 is 0 Å². The minimum absolute atomic E-state index is 0.0695. The summed E-state index contributed by atoms with van der Waals surface area (Å²) in [5, 5.41) is 0. The van der Waals surface area contributed by atoms with Gasteiger partial charge in [0, 0.05) is 12.0 Å². The molecule has 0 heterocycles. The lowest BCUT2D eigenvalue weighted by molar-refractivity contribution is -0.143. The van der Waals surface area contributed by atoms with Crippen LogP contribution in [0.3, 0.4) is 0 Å². The summed E-state index contributed by atoms with van der Waals surface area (Å²) in [5.74, 6) is -5.59. The summed E-state index contributed by atoms with van der Waals surface area (Å²) in [6.45, 7) is 1.71. The lowest BCUT2D eigenvalue weighted by atomic mass is 10.0. The Balaban J connectivity index is 2.75. The number of esters is 1. The summed E-state index contributed by atoms with van der Waals surface area (Å²) in [7, 11) is 0. The molecule has 0 saturated heterocycles. The maximum atomic E-state index is 13.8. The summed E-state index contributed by atoms with van der Waals surface area (Å²) in [4.78, 5) is 23.0. The number of benzene rings is 1. The molecule has 1 unspecified atom stereocenters. The number of alkyl halides is 3. The molecule has 1 rings (SSSR count). The van der Waals surface area contributed by atoms with Crippen molar-refractivity contribution in [2.75, 3.05) is 6.61 Å². The third kappa shape index (κ3) is 4.52. The molecular weight excluding hydrogens is 369 g/mol. The van der Waals surface area contributed by atoms with Crippen molar-refractivity contribution in [3.63, 3.8) is 0 Å². The second-order valence-electron chi connectivity index (χ2n) is 3.82. The van der Waals surface area contributed by atoms with Crippen molar-refractivity contribution in [2.45, 2.75) is 23.2 Å². The summed E-state index contributed by atoms with van der Waals surface area (Å²) in [5.41, 5.74) is -0.0695. The summed E-state index contributed by atoms with van der Waals surface area (Å²) in [6, 6.07) is 7.30. The quantitative estimate of drug-likeness (QED) is 0.328. The van der Waals surface area contributed by atoms with Crippen LogP contribution in [0.5, 0.6) is 0 Å². The number of hydrogen-bond acceptors (Lipinski definition) is 3. The van der Waals surface area contributed by atoms with Gasteiger partial charge in [0.05, 0.1) is 6.61 Å². The van der Waals surface area contributed by atoms with Crippen molar-refractivity contribution in [2.24, 2.45) is 0 Å². The standard InChI is InChI=1S/C13H13F2IO3/c1-2-19-12(18)10(16)8-13(14,15)11(17)9-6-4-3-5-7-9/h3-7,10H,2,8H2,1H3. The Labute approximate surface area is 123 Å². The van der Waals surface area contributed by atoms with Crippen molar-refractivity contribution in [1.82, 2.24) is 0 Å². The molecule has 3 nitrogen and oxygen atoms in total. The van der Waals surface area contributed by atoms with Crippen LogP contribution in [0.2, 0.25) is 0 Å². The Hall–Kier alpha value is -1.05. The third-order valence-electron chi connectivity index (χ3n) is 2.35. The maximum Gasteiger partial charge on any atom is 0.319 e. The molecule has 0 saturated carbocycles. The smallest absolute Gasteiger partial charge is 0.319 e. The molecular formula is C13H13F2IO3. The fraction of sp³-hybridized carbons (Fsp3) is 0.385. The Kier molecular flexibility index (Phi) is 5.84. The topological polar surface area (TPSA) is 43.4 Å². The molecule has 6 heteroatoms. The van der Waals surface area contributed by atoms with Gasteiger partial charge in [-0.2, -0.15) is 8.78 Å². The molecule has 0 bridgehead atoms. The predicted molar refractivity (Wildman–Crippen MR) is 74.8 cm³/mol. The molecule has 1 atom stereocenters. The van der Waals surface area contributed by atoms with Crippen LogP contribution < -0.4 is 0 Å². The number of carbonyl (C=O) groups excluding carboxylic acids is 2. The number of halogens is 3. The highest BCUT2D eigenvalue weighted by molar-refractivity contribution is 14.1. The summed E-state index contributed by atoms with van der Waals surface area (Å²) < 4.78 is 31.2. The highest BCUT2D eigenvalue weighted by atomic mass is 127. The fourth-order valence-corrected chi connectivity index (χ4v) is 2.17. The first-order chi connectivity index (χ1) is 8.88. The van der Waals surface area contributed by atoms with Gasteiger partial charge in [-0.1, -0.05) is 52.9 Å². The Bertz CT molecular complexity index is 448. The van der Waals surface area contributed by atoms with Crippen LogP contribution in [0.4, 0.5) is 8.78 Å². The van der Waals surface area contributed by atoms with Gasteiger partial charge in [0.15, 0.2) is 0 Å². The Morgan fingerprint density at radius 2 is 1.89 bits per heavy atom. The van der Waals surface area contributed by atoms with Crippen molar-refractivity contribution in [1.29, 1.82) is 0 Å². The molecule has 0 amide bonds. The Morgan fingerprint density at radius 1 is 1.32 bits per heavy atom. The number of ether oxygens (including phenoxy) is 1. The number of ketones is 1. The van der Waals surface area contributed by atoms with Crippen LogP contribution >= 0.6 is 22.6 Å². The van der Waals surface area contributed by atoms with Crippen LogP contribution in [0.1, 0.15) is 23.7 Å². The van der Waals surface area contributed by atoms with Crippen molar-refractivity contribution in [3.8, 4) is 0 Å². The average molecular weight is 382 g/mol. The number of hydrogen-bond donors (Lipinski definition) is 0. The van der Waals surface area contributed by atoms with Crippen molar-refractivity contribution >= 4 is 34.3 Å². The molecule has 0 aliphatic rings. The van der Waals surface area contributed by atoms with Crippen LogP contribution in [-0.4, -0.2) is 28.2 Å². The molecule has 0 radical (unpaired) electrons. The monoisotopic (exact) mass is 382 g/mol. The van der Waals surface area contributed by atoms with Crippen LogP contribution in [0, 0.1) is 0 Å². The zero-order valence-electron chi connectivity index (χ0n) is 10.2. The first-order valence-corrected chi connectivity index (χ1v) is 6.91. The highest BCUT2D eigenvalue weighted by Crippen LogP contribution is 2.28. The number of carbonyl (C=O) groups is 2. The van der Waals surface area contributed by atoms with Gasteiger partial charge < -0.3 is 4.74 Å². The molecule has 19 heavy (non-hydrogen) atoms. The number of rotatable bonds is 6. The first-order valence-electron chi connectivity index (χ1n) is 5.67. The zero-order valence-corrected chi connectivity index (χ0v) is 12.4. The first kappa shape index (κ1) is 16.0. The maximum absolute atomic E-state index is 13.8. The molecule has 0 spiro atoms. The van der Waals surface area contributed by atoms with Gasteiger partial charge >= 0.3 is 11.9 Å². The van der Waals surface area contributed by atoms with E-state index in [1.54, 1.807) is 35.6 Å². The molecule has 104 valence electrons. The fourth-order valence-electron chi connectivity index (χ4n) is 1.43. The van der Waals surface area contributed by atoms with Crippen LogP contribution in [-0.2, 0) is 9.53 Å². The minimum Gasteiger partial charge on any atom is -0.465 e. The van der Waals surface area contributed by atoms with E-state index in [0.717, 1.165) is 0 Å². The molecule has 0 aliphatic heterocycles. The summed E-state index contributed by atoms with van der Waals surface area (Å²) >= 11 is 1.56. The van der Waals surface area contributed by atoms with Gasteiger partial charge in [-0.05, 0) is 6.92 Å². The lowest BCUT2D eigenvalue weighted by Crippen LogP contribution is -2.34. The second-order valence-corrected chi connectivity index (χ2v) is 5.33. The molecule has 1 aromatic rings. The molecule has 1 aromatic carbocycles. The van der Waals surface area contributed by atoms with Gasteiger partial charge in [-0.3, -0.25) is 9.59 Å². The molecule has 0 aliphatic carbocycles. The average Bonchev–Trinajstić information content (AvgIpc) is 2.38. The van der Waals surface area contributed by atoms with E-state index in [0.29, 0.717) is 0 Å². The zero-order chi connectivity index (χ0) is 14.5. The normalized spacial score (nSPS) is 12.8. The van der Waals surface area contributed by atoms with Gasteiger partial charge in [-0.25, -0.2) is 0 Å². The molecule has 0 N–H and O–H groups in total. The van der Waals surface area contributed by atoms with Crippen molar-refractivity contribution < 1.29 is 23.1 Å². The number of Topliss-reactive ketones (excluding diaryl/α,β-unsaturated/α-hetero) is 1. The second kappa shape index (κ2) is 6.93. The van der Waals surface area contributed by atoms with E-state index in [1.807, 2.05) is 0 Å². The lowest BCUT2D eigenvalue weighted by Gasteiger charge is -2.17. The van der Waals surface area contributed by atoms with E-state index in [4.69, 9.17) is 0 Å². The van der Waals surface area contributed by atoms with E-state index in [9.17, 15) is 18.4 Å². The van der Waals surface area contributed by atoms with E-state index in [-0.39, 0.29) is 12.2 Å². The van der Waals surface area contributed by atoms with Gasteiger partial charge in [0.25, 0.3) is 0 Å². The summed E-state index contributed by atoms with van der Waals surface area (Å²) in [6.07, 6.45) is -0.861. The predicted octanol–water partition coefficient (Wildman–Crippen LogP) is 3.26. The largest absolute Gasteiger partial charge is 0.465 e. The molecule has 0 aromatic heterocycles. The minimum atomic E-state index is -3.58. The van der Waals surface area contributed by atoms with Gasteiger partial charge in [0.2, 0.25) is 5.78 Å². The van der Waals surface area contributed by atoms with E-state index in [2.05, 4.69) is 4.74 Å². The SMILES string of the molecule is CCOC(=O)C(I)CC(F)(F)C(=O)c1ccccc1. The van der Waals surface area contributed by atoms with Gasteiger partial charge in [-0.15, -0.1) is 0 Å². The van der Waals surface area contributed by atoms with Gasteiger partial charge in [0.1, 0.15) is 3.92 Å². The van der Waals surface area contributed by atoms with Crippen LogP contribution in [0.15, 0.2) is 30.3 Å². The van der Waals surface area contributed by atoms with E-state index < -0.39 is 28.0 Å². The van der Waals surface area contributed by atoms with Crippen molar-refractivity contribution in [3.05, 3.63) is 35.9 Å². The van der Waals surface area contributed by atoms with Crippen LogP contribution in [0.25, 0.3) is 0 Å². The Morgan fingerprint density at radius 3 is 2.42 bits per heavy atom. The van der Waals surface area contributed by atoms with E-state index in [1.165, 1.54) is 24.3 Å². The molecule has 0 fully saturated rings.